The highest BCUT2D eigenvalue weighted by Gasteiger charge is 2.38. The Labute approximate surface area is 131 Å². The molecule has 1 atom stereocenters. The SMILES string of the molecule is CCc1cc(C2CCCN2S(=O)(=O)c2ccccc2C)on1. The van der Waals surface area contributed by atoms with E-state index in [4.69, 9.17) is 4.52 Å². The zero-order valence-electron chi connectivity index (χ0n) is 12.8. The number of aryl methyl sites for hydroxylation is 2. The average molecular weight is 320 g/mol. The van der Waals surface area contributed by atoms with Gasteiger partial charge >= 0.3 is 0 Å². The second-order valence-electron chi connectivity index (χ2n) is 5.61. The Kier molecular flexibility index (Phi) is 4.06. The van der Waals surface area contributed by atoms with E-state index in [1.54, 1.807) is 16.4 Å². The first-order chi connectivity index (χ1) is 10.5. The van der Waals surface area contributed by atoms with Crippen LogP contribution in [0.15, 0.2) is 39.8 Å². The molecule has 3 rings (SSSR count). The predicted octanol–water partition coefficient (Wildman–Crippen LogP) is 3.07. The van der Waals surface area contributed by atoms with Crippen molar-refractivity contribution in [3.05, 3.63) is 47.3 Å². The van der Waals surface area contributed by atoms with Crippen LogP contribution in [0.1, 0.15) is 42.8 Å². The van der Waals surface area contributed by atoms with Crippen molar-refractivity contribution in [1.29, 1.82) is 0 Å². The molecule has 1 fully saturated rings. The summed E-state index contributed by atoms with van der Waals surface area (Å²) in [6, 6.07) is 8.71. The van der Waals surface area contributed by atoms with E-state index < -0.39 is 10.0 Å². The van der Waals surface area contributed by atoms with Crippen LogP contribution >= 0.6 is 0 Å². The average Bonchev–Trinajstić information content (AvgIpc) is 3.16. The van der Waals surface area contributed by atoms with Crippen LogP contribution < -0.4 is 0 Å². The standard InChI is InChI=1S/C16H20N2O3S/c1-3-13-11-15(21-17-13)14-8-6-10-18(14)22(19,20)16-9-5-4-7-12(16)2/h4-5,7,9,11,14H,3,6,8,10H2,1-2H3. The van der Waals surface area contributed by atoms with E-state index >= 15 is 0 Å². The maximum Gasteiger partial charge on any atom is 0.244 e. The molecule has 1 aliphatic heterocycles. The van der Waals surface area contributed by atoms with Crippen molar-refractivity contribution in [3.8, 4) is 0 Å². The van der Waals surface area contributed by atoms with Crippen LogP contribution in [0.2, 0.25) is 0 Å². The second kappa shape index (κ2) is 5.85. The van der Waals surface area contributed by atoms with E-state index in [1.807, 2.05) is 32.0 Å². The monoisotopic (exact) mass is 320 g/mol. The van der Waals surface area contributed by atoms with Gasteiger partial charge in [-0.05, 0) is 37.8 Å². The van der Waals surface area contributed by atoms with E-state index in [-0.39, 0.29) is 6.04 Å². The molecule has 5 nitrogen and oxygen atoms in total. The quantitative estimate of drug-likeness (QED) is 0.868. The number of nitrogens with zero attached hydrogens (tertiary/aromatic N) is 2. The van der Waals surface area contributed by atoms with Crippen LogP contribution in [0.5, 0.6) is 0 Å². The lowest BCUT2D eigenvalue weighted by Gasteiger charge is -2.23. The summed E-state index contributed by atoms with van der Waals surface area (Å²) >= 11 is 0. The number of rotatable bonds is 4. The van der Waals surface area contributed by atoms with Crippen molar-refractivity contribution in [2.45, 2.75) is 44.0 Å². The fourth-order valence-corrected chi connectivity index (χ4v) is 4.83. The first kappa shape index (κ1) is 15.2. The Balaban J connectivity index is 1.97. The van der Waals surface area contributed by atoms with Gasteiger partial charge in [0.25, 0.3) is 0 Å². The maximum absolute atomic E-state index is 13.0. The van der Waals surface area contributed by atoms with Crippen molar-refractivity contribution in [2.24, 2.45) is 0 Å². The van der Waals surface area contributed by atoms with Gasteiger partial charge in [0.05, 0.1) is 16.6 Å². The number of sulfonamides is 1. The minimum absolute atomic E-state index is 0.252. The Hall–Kier alpha value is -1.66. The highest BCUT2D eigenvalue weighted by Crippen LogP contribution is 2.37. The third-order valence-electron chi connectivity index (χ3n) is 4.15. The zero-order chi connectivity index (χ0) is 15.7. The van der Waals surface area contributed by atoms with Crippen LogP contribution in [-0.4, -0.2) is 24.4 Å². The lowest BCUT2D eigenvalue weighted by Crippen LogP contribution is -2.31. The van der Waals surface area contributed by atoms with Gasteiger partial charge in [-0.1, -0.05) is 30.3 Å². The van der Waals surface area contributed by atoms with Gasteiger partial charge in [0.1, 0.15) is 0 Å². The van der Waals surface area contributed by atoms with Gasteiger partial charge in [0.15, 0.2) is 5.76 Å². The molecule has 0 saturated carbocycles. The molecule has 1 aromatic heterocycles. The molecule has 6 heteroatoms. The van der Waals surface area contributed by atoms with Gasteiger partial charge in [-0.3, -0.25) is 0 Å². The Morgan fingerprint density at radius 3 is 2.82 bits per heavy atom. The van der Waals surface area contributed by atoms with Crippen molar-refractivity contribution < 1.29 is 12.9 Å². The van der Waals surface area contributed by atoms with Crippen LogP contribution in [0, 0.1) is 6.92 Å². The topological polar surface area (TPSA) is 63.4 Å². The van der Waals surface area contributed by atoms with E-state index in [1.165, 1.54) is 0 Å². The minimum atomic E-state index is -3.52. The molecule has 1 unspecified atom stereocenters. The Morgan fingerprint density at radius 1 is 1.36 bits per heavy atom. The zero-order valence-corrected chi connectivity index (χ0v) is 13.6. The molecule has 0 N–H and O–H groups in total. The molecule has 2 heterocycles. The third kappa shape index (κ3) is 2.57. The molecule has 22 heavy (non-hydrogen) atoms. The molecule has 1 aliphatic rings. The molecule has 0 bridgehead atoms. The lowest BCUT2D eigenvalue weighted by molar-refractivity contribution is 0.296. The summed E-state index contributed by atoms with van der Waals surface area (Å²) in [5.41, 5.74) is 1.62. The fraction of sp³-hybridized carbons (Fsp3) is 0.438. The number of hydrogen-bond acceptors (Lipinski definition) is 4. The van der Waals surface area contributed by atoms with E-state index in [0.717, 1.165) is 30.5 Å². The van der Waals surface area contributed by atoms with Crippen LogP contribution in [0.3, 0.4) is 0 Å². The molecular weight excluding hydrogens is 300 g/mol. The summed E-state index contributed by atoms with van der Waals surface area (Å²) in [6.45, 7) is 4.34. The molecule has 1 aromatic carbocycles. The molecule has 0 spiro atoms. The summed E-state index contributed by atoms with van der Waals surface area (Å²) < 4.78 is 32.9. The minimum Gasteiger partial charge on any atom is -0.359 e. The molecule has 2 aromatic rings. The normalized spacial score (nSPS) is 19.6. The highest BCUT2D eigenvalue weighted by atomic mass is 32.2. The first-order valence-corrected chi connectivity index (χ1v) is 9.01. The molecule has 118 valence electrons. The molecule has 0 radical (unpaired) electrons. The summed E-state index contributed by atoms with van der Waals surface area (Å²) in [5.74, 6) is 0.645. The van der Waals surface area contributed by atoms with E-state index in [9.17, 15) is 8.42 Å². The highest BCUT2D eigenvalue weighted by molar-refractivity contribution is 7.89. The lowest BCUT2D eigenvalue weighted by atomic mass is 10.1. The summed E-state index contributed by atoms with van der Waals surface area (Å²) in [6.07, 6.45) is 2.38. The largest absolute Gasteiger partial charge is 0.359 e. The molecule has 0 amide bonds. The van der Waals surface area contributed by atoms with Gasteiger partial charge in [-0.15, -0.1) is 0 Å². The van der Waals surface area contributed by atoms with Crippen LogP contribution in [0.4, 0.5) is 0 Å². The van der Waals surface area contributed by atoms with Gasteiger partial charge in [-0.2, -0.15) is 4.31 Å². The smallest absolute Gasteiger partial charge is 0.244 e. The van der Waals surface area contributed by atoms with Crippen molar-refractivity contribution in [2.75, 3.05) is 6.54 Å². The molecular formula is C16H20N2O3S. The van der Waals surface area contributed by atoms with Crippen LogP contribution in [-0.2, 0) is 16.4 Å². The van der Waals surface area contributed by atoms with E-state index in [2.05, 4.69) is 5.16 Å². The van der Waals surface area contributed by atoms with Crippen molar-refractivity contribution in [1.82, 2.24) is 9.46 Å². The van der Waals surface area contributed by atoms with E-state index in [0.29, 0.717) is 17.2 Å². The Morgan fingerprint density at radius 2 is 2.14 bits per heavy atom. The maximum atomic E-state index is 13.0. The summed E-state index contributed by atoms with van der Waals surface area (Å²) in [7, 11) is -3.52. The number of aromatic nitrogens is 1. The summed E-state index contributed by atoms with van der Waals surface area (Å²) in [5, 5.41) is 3.99. The Bertz CT molecular complexity index is 767. The number of benzene rings is 1. The second-order valence-corrected chi connectivity index (χ2v) is 7.47. The predicted molar refractivity (Wildman–Crippen MR) is 82.9 cm³/mol. The number of hydrogen-bond donors (Lipinski definition) is 0. The molecule has 1 saturated heterocycles. The van der Waals surface area contributed by atoms with Gasteiger partial charge in [0, 0.05) is 12.6 Å². The molecule has 0 aliphatic carbocycles. The van der Waals surface area contributed by atoms with Gasteiger partial charge in [-0.25, -0.2) is 8.42 Å². The first-order valence-electron chi connectivity index (χ1n) is 7.57. The summed E-state index contributed by atoms with van der Waals surface area (Å²) in [4.78, 5) is 0.372. The third-order valence-corrected chi connectivity index (χ3v) is 6.22. The fourth-order valence-electron chi connectivity index (χ4n) is 2.94. The van der Waals surface area contributed by atoms with Crippen molar-refractivity contribution in [3.63, 3.8) is 0 Å². The van der Waals surface area contributed by atoms with Crippen LogP contribution in [0.25, 0.3) is 0 Å². The van der Waals surface area contributed by atoms with Gasteiger partial charge < -0.3 is 4.52 Å². The van der Waals surface area contributed by atoms with Crippen molar-refractivity contribution >= 4 is 10.0 Å². The van der Waals surface area contributed by atoms with Gasteiger partial charge in [0.2, 0.25) is 10.0 Å².